The molecule has 0 atom stereocenters. The number of rotatable bonds is 2. The van der Waals surface area contributed by atoms with Gasteiger partial charge in [0.1, 0.15) is 0 Å². The van der Waals surface area contributed by atoms with Gasteiger partial charge in [-0.05, 0) is 45.8 Å². The number of hydrogen-bond donors (Lipinski definition) is 2. The fourth-order valence-corrected chi connectivity index (χ4v) is 6.01. The van der Waals surface area contributed by atoms with E-state index in [4.69, 9.17) is 5.73 Å². The summed E-state index contributed by atoms with van der Waals surface area (Å²) in [5.41, 5.74) is 15.2. The quantitative estimate of drug-likeness (QED) is 0.157. The van der Waals surface area contributed by atoms with Crippen LogP contribution in [0.4, 0.5) is 17.1 Å². The van der Waals surface area contributed by atoms with Crippen molar-refractivity contribution < 1.29 is 0 Å². The number of anilines is 3. The lowest BCUT2D eigenvalue weighted by Crippen LogP contribution is -2.15. The predicted molar refractivity (Wildman–Crippen MR) is 151 cm³/mol. The minimum Gasteiger partial charge on any atom is -0.398 e. The van der Waals surface area contributed by atoms with Crippen LogP contribution in [0.5, 0.6) is 0 Å². The molecule has 0 aromatic heterocycles. The van der Waals surface area contributed by atoms with E-state index in [2.05, 4.69) is 122 Å². The van der Waals surface area contributed by atoms with Crippen LogP contribution in [0.15, 0.2) is 103 Å². The van der Waals surface area contributed by atoms with Crippen molar-refractivity contribution in [3.05, 3.63) is 114 Å². The van der Waals surface area contributed by atoms with Gasteiger partial charge >= 0.3 is 0 Å². The summed E-state index contributed by atoms with van der Waals surface area (Å²) < 4.78 is 0. The molecular weight excluding hydrogens is 424 g/mol. The summed E-state index contributed by atoms with van der Waals surface area (Å²) in [4.78, 5) is 0. The van der Waals surface area contributed by atoms with Crippen LogP contribution in [0.2, 0.25) is 0 Å². The number of nitrogens with two attached hydrogens (primary N) is 1. The molecule has 0 spiro atoms. The zero-order chi connectivity index (χ0) is 23.7. The molecule has 0 heterocycles. The highest BCUT2D eigenvalue weighted by Gasteiger charge is 2.35. The maximum Gasteiger partial charge on any atom is 0.0545 e. The van der Waals surface area contributed by atoms with Crippen molar-refractivity contribution in [2.24, 2.45) is 0 Å². The van der Waals surface area contributed by atoms with Gasteiger partial charge in [0.2, 0.25) is 0 Å². The molecule has 3 N–H and O–H groups in total. The van der Waals surface area contributed by atoms with Crippen LogP contribution in [0.1, 0.15) is 25.0 Å². The second kappa shape index (κ2) is 7.10. The highest BCUT2D eigenvalue weighted by Crippen LogP contribution is 2.52. The van der Waals surface area contributed by atoms with Gasteiger partial charge in [0, 0.05) is 43.7 Å². The van der Waals surface area contributed by atoms with Crippen molar-refractivity contribution in [2.75, 3.05) is 11.1 Å². The lowest BCUT2D eigenvalue weighted by atomic mass is 9.81. The molecule has 168 valence electrons. The standard InChI is InChI=1S/C33H26N2/c1-33(2)28-16-8-7-13-22(28)25-18-26-27(19-29(25)33)32(24-15-6-5-14-23(24)31(26)34)35-30-17-9-11-20-10-3-4-12-21(20)30/h3-19,35H,34H2,1-2H3. The van der Waals surface area contributed by atoms with Crippen molar-refractivity contribution in [1.82, 2.24) is 0 Å². The summed E-state index contributed by atoms with van der Waals surface area (Å²) in [6.07, 6.45) is 0. The van der Waals surface area contributed by atoms with E-state index < -0.39 is 0 Å². The highest BCUT2D eigenvalue weighted by molar-refractivity contribution is 6.21. The summed E-state index contributed by atoms with van der Waals surface area (Å²) in [5.74, 6) is 0. The largest absolute Gasteiger partial charge is 0.398 e. The molecule has 0 amide bonds. The van der Waals surface area contributed by atoms with Crippen LogP contribution >= 0.6 is 0 Å². The summed E-state index contributed by atoms with van der Waals surface area (Å²) in [6.45, 7) is 4.65. The first kappa shape index (κ1) is 20.1. The van der Waals surface area contributed by atoms with Crippen LogP contribution in [0, 0.1) is 0 Å². The van der Waals surface area contributed by atoms with Crippen molar-refractivity contribution in [3.8, 4) is 11.1 Å². The highest BCUT2D eigenvalue weighted by atomic mass is 14.9. The van der Waals surface area contributed by atoms with Crippen LogP contribution in [-0.2, 0) is 5.41 Å². The van der Waals surface area contributed by atoms with E-state index in [9.17, 15) is 0 Å². The van der Waals surface area contributed by atoms with Gasteiger partial charge in [0.15, 0.2) is 0 Å². The van der Waals surface area contributed by atoms with Gasteiger partial charge in [-0.2, -0.15) is 0 Å². The summed E-state index contributed by atoms with van der Waals surface area (Å²) in [6, 6.07) is 36.9. The zero-order valence-corrected chi connectivity index (χ0v) is 19.9. The van der Waals surface area contributed by atoms with Gasteiger partial charge in [-0.15, -0.1) is 0 Å². The molecule has 7 rings (SSSR count). The number of nitrogen functional groups attached to an aromatic ring is 1. The van der Waals surface area contributed by atoms with E-state index in [1.54, 1.807) is 0 Å². The normalized spacial score (nSPS) is 13.8. The van der Waals surface area contributed by atoms with E-state index in [0.717, 1.165) is 38.6 Å². The molecule has 1 aliphatic carbocycles. The second-order valence-electron chi connectivity index (χ2n) is 10.1. The fraction of sp³-hybridized carbons (Fsp3) is 0.0909. The van der Waals surface area contributed by atoms with Crippen LogP contribution in [-0.4, -0.2) is 0 Å². The Balaban J connectivity index is 1.57. The Morgan fingerprint density at radius 2 is 1.26 bits per heavy atom. The molecule has 0 saturated carbocycles. The molecule has 0 saturated heterocycles. The Kier molecular flexibility index (Phi) is 4.08. The van der Waals surface area contributed by atoms with E-state index in [1.807, 2.05) is 0 Å². The predicted octanol–water partition coefficient (Wildman–Crippen LogP) is 8.78. The summed E-state index contributed by atoms with van der Waals surface area (Å²) in [7, 11) is 0. The molecule has 0 radical (unpaired) electrons. The second-order valence-corrected chi connectivity index (χ2v) is 10.1. The first-order valence-electron chi connectivity index (χ1n) is 12.2. The van der Waals surface area contributed by atoms with Crippen molar-refractivity contribution in [3.63, 3.8) is 0 Å². The molecular formula is C33H26N2. The van der Waals surface area contributed by atoms with Gasteiger partial charge in [-0.25, -0.2) is 0 Å². The SMILES string of the molecule is CC1(C)c2ccccc2-c2cc3c(N)c4ccccc4c(Nc4cccc5ccccc45)c3cc21. The molecule has 6 aromatic rings. The smallest absolute Gasteiger partial charge is 0.0545 e. The molecule has 1 aliphatic rings. The van der Waals surface area contributed by atoms with Crippen molar-refractivity contribution in [1.29, 1.82) is 0 Å². The van der Waals surface area contributed by atoms with Gasteiger partial charge in [-0.1, -0.05) is 98.8 Å². The monoisotopic (exact) mass is 450 g/mol. The van der Waals surface area contributed by atoms with Crippen molar-refractivity contribution >= 4 is 49.4 Å². The maximum absolute atomic E-state index is 6.86. The molecule has 6 aromatic carbocycles. The summed E-state index contributed by atoms with van der Waals surface area (Å²) in [5, 5.41) is 10.7. The Morgan fingerprint density at radius 1 is 0.571 bits per heavy atom. The first-order valence-corrected chi connectivity index (χ1v) is 12.2. The lowest BCUT2D eigenvalue weighted by molar-refractivity contribution is 0.661. The molecule has 0 aliphatic heterocycles. The van der Waals surface area contributed by atoms with E-state index in [0.29, 0.717) is 0 Å². The van der Waals surface area contributed by atoms with Gasteiger partial charge in [0.25, 0.3) is 0 Å². The average Bonchev–Trinajstić information content (AvgIpc) is 3.12. The molecule has 2 nitrogen and oxygen atoms in total. The Bertz CT molecular complexity index is 1810. The van der Waals surface area contributed by atoms with Gasteiger partial charge in [-0.3, -0.25) is 0 Å². The zero-order valence-electron chi connectivity index (χ0n) is 19.9. The minimum absolute atomic E-state index is 0.0722. The molecule has 0 unspecified atom stereocenters. The maximum atomic E-state index is 6.86. The van der Waals surface area contributed by atoms with Crippen LogP contribution in [0.3, 0.4) is 0 Å². The third-order valence-corrected chi connectivity index (χ3v) is 7.82. The van der Waals surface area contributed by atoms with E-state index in [-0.39, 0.29) is 5.41 Å². The Morgan fingerprint density at radius 3 is 2.11 bits per heavy atom. The fourth-order valence-electron chi connectivity index (χ4n) is 6.01. The lowest BCUT2D eigenvalue weighted by Gasteiger charge is -2.23. The van der Waals surface area contributed by atoms with Crippen LogP contribution < -0.4 is 11.1 Å². The number of benzene rings is 6. The van der Waals surface area contributed by atoms with E-state index in [1.165, 1.54) is 33.0 Å². The minimum atomic E-state index is -0.0722. The third-order valence-electron chi connectivity index (χ3n) is 7.82. The Labute approximate surface area is 205 Å². The van der Waals surface area contributed by atoms with Crippen molar-refractivity contribution in [2.45, 2.75) is 19.3 Å². The third kappa shape index (κ3) is 2.77. The number of fused-ring (bicyclic) bond motifs is 6. The Hall–Kier alpha value is -4.30. The number of hydrogen-bond acceptors (Lipinski definition) is 2. The van der Waals surface area contributed by atoms with Gasteiger partial charge < -0.3 is 11.1 Å². The topological polar surface area (TPSA) is 38.0 Å². The summed E-state index contributed by atoms with van der Waals surface area (Å²) >= 11 is 0. The number of nitrogens with one attached hydrogen (secondary N) is 1. The average molecular weight is 451 g/mol. The van der Waals surface area contributed by atoms with Gasteiger partial charge in [0.05, 0.1) is 5.69 Å². The van der Waals surface area contributed by atoms with Crippen LogP contribution in [0.25, 0.3) is 43.4 Å². The first-order chi connectivity index (χ1) is 17.0. The molecule has 0 fully saturated rings. The molecule has 35 heavy (non-hydrogen) atoms. The molecule has 0 bridgehead atoms. The molecule has 2 heteroatoms. The van der Waals surface area contributed by atoms with E-state index >= 15 is 0 Å².